The number of aliphatic carboxylic acids is 1. The Bertz CT molecular complexity index is 1200. The van der Waals surface area contributed by atoms with Crippen LogP contribution in [-0.2, 0) is 14.3 Å². The largest absolute Gasteiger partial charge is 0.480 e. The van der Waals surface area contributed by atoms with Crippen LogP contribution in [-0.4, -0.2) is 61.4 Å². The standard InChI is InChI=1S/C27H26N2O6/c1-34-14-13-29(16-25(30)31)26(32)18-7-6-8-19(15-18)28-27(33)35-17-24-22-11-4-2-9-20(22)21-10-3-5-12-23(21)24/h2-12,15,24H,13-14,16-17H2,1H3,(H,28,33)(H,30,31). The first-order valence-electron chi connectivity index (χ1n) is 11.2. The van der Waals surface area contributed by atoms with Crippen molar-refractivity contribution in [3.63, 3.8) is 0 Å². The number of carbonyl (C=O) groups excluding carboxylic acids is 2. The average molecular weight is 475 g/mol. The van der Waals surface area contributed by atoms with E-state index in [0.717, 1.165) is 22.3 Å². The summed E-state index contributed by atoms with van der Waals surface area (Å²) in [5, 5.41) is 11.8. The molecule has 0 bridgehead atoms. The molecule has 180 valence electrons. The molecule has 0 radical (unpaired) electrons. The zero-order valence-electron chi connectivity index (χ0n) is 19.3. The van der Waals surface area contributed by atoms with Crippen molar-refractivity contribution in [2.24, 2.45) is 0 Å². The second-order valence-electron chi connectivity index (χ2n) is 8.14. The Morgan fingerprint density at radius 1 is 0.943 bits per heavy atom. The average Bonchev–Trinajstić information content (AvgIpc) is 3.18. The van der Waals surface area contributed by atoms with Gasteiger partial charge in [-0.05, 0) is 40.5 Å². The lowest BCUT2D eigenvalue weighted by Gasteiger charge is -2.20. The van der Waals surface area contributed by atoms with Crippen molar-refractivity contribution in [1.82, 2.24) is 4.90 Å². The Morgan fingerprint density at radius 2 is 1.60 bits per heavy atom. The number of ether oxygens (including phenoxy) is 2. The molecule has 0 saturated heterocycles. The summed E-state index contributed by atoms with van der Waals surface area (Å²) in [5.74, 6) is -1.66. The van der Waals surface area contributed by atoms with Crippen molar-refractivity contribution in [2.75, 3.05) is 38.7 Å². The van der Waals surface area contributed by atoms with Crippen molar-refractivity contribution >= 4 is 23.7 Å². The molecule has 8 nitrogen and oxygen atoms in total. The molecule has 4 rings (SSSR count). The lowest BCUT2D eigenvalue weighted by atomic mass is 9.98. The highest BCUT2D eigenvalue weighted by atomic mass is 16.5. The van der Waals surface area contributed by atoms with Crippen molar-refractivity contribution in [1.29, 1.82) is 0 Å². The van der Waals surface area contributed by atoms with Gasteiger partial charge in [-0.2, -0.15) is 0 Å². The van der Waals surface area contributed by atoms with E-state index in [0.29, 0.717) is 5.69 Å². The number of hydrogen-bond acceptors (Lipinski definition) is 5. The monoisotopic (exact) mass is 474 g/mol. The van der Waals surface area contributed by atoms with E-state index in [1.165, 1.54) is 18.1 Å². The smallest absolute Gasteiger partial charge is 0.411 e. The third-order valence-electron chi connectivity index (χ3n) is 5.88. The van der Waals surface area contributed by atoms with Crippen LogP contribution in [0.5, 0.6) is 0 Å². The van der Waals surface area contributed by atoms with Crippen LogP contribution < -0.4 is 5.32 Å². The van der Waals surface area contributed by atoms with E-state index in [-0.39, 0.29) is 31.2 Å². The Balaban J connectivity index is 1.42. The fraction of sp³-hybridized carbons (Fsp3) is 0.222. The van der Waals surface area contributed by atoms with Crippen LogP contribution in [0.15, 0.2) is 72.8 Å². The molecule has 0 fully saturated rings. The second kappa shape index (κ2) is 10.8. The topological polar surface area (TPSA) is 105 Å². The maximum absolute atomic E-state index is 12.8. The number of carboxylic acid groups (broad SMARTS) is 1. The molecule has 2 N–H and O–H groups in total. The van der Waals surface area contributed by atoms with Gasteiger partial charge >= 0.3 is 12.1 Å². The number of nitrogens with zero attached hydrogens (tertiary/aromatic N) is 1. The van der Waals surface area contributed by atoms with E-state index in [4.69, 9.17) is 14.6 Å². The van der Waals surface area contributed by atoms with E-state index in [1.807, 2.05) is 36.4 Å². The predicted molar refractivity (Wildman–Crippen MR) is 131 cm³/mol. The van der Waals surface area contributed by atoms with Gasteiger partial charge in [0, 0.05) is 30.8 Å². The normalized spacial score (nSPS) is 11.9. The van der Waals surface area contributed by atoms with E-state index in [9.17, 15) is 14.4 Å². The lowest BCUT2D eigenvalue weighted by molar-refractivity contribution is -0.137. The Labute approximate surface area is 203 Å². The number of carboxylic acids is 1. The van der Waals surface area contributed by atoms with Crippen LogP contribution in [0.4, 0.5) is 10.5 Å². The number of hydrogen-bond donors (Lipinski definition) is 2. The summed E-state index contributed by atoms with van der Waals surface area (Å²) in [7, 11) is 1.47. The zero-order chi connectivity index (χ0) is 24.8. The van der Waals surface area contributed by atoms with Crippen LogP contribution in [0.25, 0.3) is 11.1 Å². The minimum Gasteiger partial charge on any atom is -0.480 e. The first-order valence-corrected chi connectivity index (χ1v) is 11.2. The third kappa shape index (κ3) is 5.50. The first kappa shape index (κ1) is 24.0. The highest BCUT2D eigenvalue weighted by Gasteiger charge is 2.29. The van der Waals surface area contributed by atoms with Crippen molar-refractivity contribution < 1.29 is 29.0 Å². The van der Waals surface area contributed by atoms with E-state index >= 15 is 0 Å². The summed E-state index contributed by atoms with van der Waals surface area (Å²) in [6.07, 6.45) is -0.641. The first-order chi connectivity index (χ1) is 17.0. The lowest BCUT2D eigenvalue weighted by Crippen LogP contribution is -2.38. The molecule has 0 aliphatic heterocycles. The number of rotatable bonds is 9. The summed E-state index contributed by atoms with van der Waals surface area (Å²) in [4.78, 5) is 37.7. The zero-order valence-corrected chi connectivity index (χ0v) is 19.3. The summed E-state index contributed by atoms with van der Waals surface area (Å²) >= 11 is 0. The maximum atomic E-state index is 12.8. The van der Waals surface area contributed by atoms with Crippen molar-refractivity contribution in [2.45, 2.75) is 5.92 Å². The van der Waals surface area contributed by atoms with E-state index in [1.54, 1.807) is 18.2 Å². The molecule has 8 heteroatoms. The number of nitrogens with one attached hydrogen (secondary N) is 1. The molecule has 3 aromatic rings. The number of amides is 2. The quantitative estimate of drug-likeness (QED) is 0.481. The number of methoxy groups -OCH3 is 1. The van der Waals surface area contributed by atoms with Gasteiger partial charge < -0.3 is 19.5 Å². The molecular formula is C27H26N2O6. The van der Waals surface area contributed by atoms with Crippen LogP contribution in [0.3, 0.4) is 0 Å². The van der Waals surface area contributed by atoms with Crippen LogP contribution in [0.1, 0.15) is 27.4 Å². The van der Waals surface area contributed by atoms with Crippen LogP contribution in [0, 0.1) is 0 Å². The van der Waals surface area contributed by atoms with Gasteiger partial charge in [0.05, 0.1) is 6.61 Å². The van der Waals surface area contributed by atoms with Crippen LogP contribution in [0.2, 0.25) is 0 Å². The summed E-state index contributed by atoms with van der Waals surface area (Å²) < 4.78 is 10.5. The highest BCUT2D eigenvalue weighted by molar-refractivity contribution is 5.97. The van der Waals surface area contributed by atoms with Crippen molar-refractivity contribution in [3.05, 3.63) is 89.5 Å². The summed E-state index contributed by atoms with van der Waals surface area (Å²) in [6, 6.07) is 22.5. The van der Waals surface area contributed by atoms with Gasteiger partial charge in [0.1, 0.15) is 13.2 Å². The summed E-state index contributed by atoms with van der Waals surface area (Å²) in [5.41, 5.74) is 5.13. The number of benzene rings is 3. The molecule has 3 aromatic carbocycles. The minimum absolute atomic E-state index is 0.0635. The third-order valence-corrected chi connectivity index (χ3v) is 5.88. The molecule has 0 saturated carbocycles. The van der Waals surface area contributed by atoms with Crippen LogP contribution >= 0.6 is 0 Å². The predicted octanol–water partition coefficient (Wildman–Crippen LogP) is 4.22. The Kier molecular flexibility index (Phi) is 7.42. The molecule has 0 unspecified atom stereocenters. The van der Waals surface area contributed by atoms with Gasteiger partial charge in [-0.15, -0.1) is 0 Å². The molecule has 1 aliphatic carbocycles. The molecule has 0 aromatic heterocycles. The second-order valence-corrected chi connectivity index (χ2v) is 8.14. The molecule has 1 aliphatic rings. The van der Waals surface area contributed by atoms with Crippen molar-refractivity contribution in [3.8, 4) is 11.1 Å². The Hall–Kier alpha value is -4.17. The highest BCUT2D eigenvalue weighted by Crippen LogP contribution is 2.44. The molecule has 2 amide bonds. The van der Waals surface area contributed by atoms with E-state index in [2.05, 4.69) is 17.4 Å². The fourth-order valence-corrected chi connectivity index (χ4v) is 4.28. The summed E-state index contributed by atoms with van der Waals surface area (Å²) in [6.45, 7) is 0.0521. The molecule has 0 heterocycles. The van der Waals surface area contributed by atoms with E-state index < -0.39 is 24.5 Å². The molecular weight excluding hydrogens is 448 g/mol. The molecule has 35 heavy (non-hydrogen) atoms. The minimum atomic E-state index is -1.12. The van der Waals surface area contributed by atoms with Gasteiger partial charge in [-0.3, -0.25) is 14.9 Å². The number of anilines is 1. The molecule has 0 spiro atoms. The maximum Gasteiger partial charge on any atom is 0.411 e. The molecule has 0 atom stereocenters. The SMILES string of the molecule is COCCN(CC(=O)O)C(=O)c1cccc(NC(=O)OCC2c3ccccc3-c3ccccc32)c1. The van der Waals surface area contributed by atoms with Gasteiger partial charge in [-0.1, -0.05) is 54.6 Å². The Morgan fingerprint density at radius 3 is 2.23 bits per heavy atom. The van der Waals surface area contributed by atoms with Gasteiger partial charge in [0.15, 0.2) is 0 Å². The van der Waals surface area contributed by atoms with Gasteiger partial charge in [0.2, 0.25) is 0 Å². The number of fused-ring (bicyclic) bond motifs is 3. The van der Waals surface area contributed by atoms with Gasteiger partial charge in [-0.25, -0.2) is 4.79 Å². The van der Waals surface area contributed by atoms with Gasteiger partial charge in [0.25, 0.3) is 5.91 Å². The fourth-order valence-electron chi connectivity index (χ4n) is 4.28. The number of carbonyl (C=O) groups is 3.